The van der Waals surface area contributed by atoms with Crippen molar-refractivity contribution in [3.8, 4) is 11.3 Å². The van der Waals surface area contributed by atoms with E-state index in [1.807, 2.05) is 0 Å². The first-order chi connectivity index (χ1) is 13.5. The van der Waals surface area contributed by atoms with Crippen LogP contribution in [0.3, 0.4) is 0 Å². The van der Waals surface area contributed by atoms with Crippen LogP contribution in [0.4, 0.5) is 0 Å². The van der Waals surface area contributed by atoms with Gasteiger partial charge in [0.1, 0.15) is 0 Å². The molecule has 0 unspecified atom stereocenters. The average Bonchev–Trinajstić information content (AvgIpc) is 3.03. The van der Waals surface area contributed by atoms with Crippen molar-refractivity contribution in [2.45, 2.75) is 64.8 Å². The smallest absolute Gasteiger partial charge is 0.0908 e. The number of aromatic nitrogens is 2. The highest BCUT2D eigenvalue weighted by Crippen LogP contribution is 2.33. The standard InChI is InChI=1S/C25H38N3/c1-21-25-23(22-15-11-12-16-24(22)26-25)17-19-27(21)18-13-9-7-5-6-8-10-14-20-28(2,3)4/h11-12,15-17,19H,5-10,13-14,18,20H2,1-4H3/q+1. The Balaban J connectivity index is 1.37. The van der Waals surface area contributed by atoms with E-state index in [-0.39, 0.29) is 0 Å². The number of unbranched alkanes of at least 4 members (excludes halogenated alkanes) is 7. The third-order valence-corrected chi connectivity index (χ3v) is 5.85. The van der Waals surface area contributed by atoms with E-state index < -0.39 is 0 Å². The van der Waals surface area contributed by atoms with Gasteiger partial charge in [0.05, 0.1) is 38.9 Å². The maximum atomic E-state index is 4.86. The van der Waals surface area contributed by atoms with Crippen molar-refractivity contribution in [2.75, 3.05) is 27.7 Å². The molecule has 0 N–H and O–H groups in total. The Bertz CT molecular complexity index is 841. The summed E-state index contributed by atoms with van der Waals surface area (Å²) in [7, 11) is 6.86. The van der Waals surface area contributed by atoms with Gasteiger partial charge in [0.15, 0.2) is 0 Å². The molecule has 28 heavy (non-hydrogen) atoms. The van der Waals surface area contributed by atoms with Crippen molar-refractivity contribution < 1.29 is 4.48 Å². The normalized spacial score (nSPS) is 12.3. The molecule has 3 rings (SSSR count). The summed E-state index contributed by atoms with van der Waals surface area (Å²) in [5, 5.41) is 1.27. The minimum Gasteiger partial charge on any atom is -0.350 e. The molecule has 3 nitrogen and oxygen atoms in total. The van der Waals surface area contributed by atoms with Gasteiger partial charge in [0, 0.05) is 29.4 Å². The van der Waals surface area contributed by atoms with Crippen molar-refractivity contribution in [1.82, 2.24) is 9.55 Å². The lowest BCUT2D eigenvalue weighted by Gasteiger charge is -2.23. The van der Waals surface area contributed by atoms with E-state index >= 15 is 0 Å². The molecule has 0 amide bonds. The highest BCUT2D eigenvalue weighted by molar-refractivity contribution is 5.97. The fraction of sp³-hybridized carbons (Fsp3) is 0.560. The van der Waals surface area contributed by atoms with Gasteiger partial charge < -0.3 is 9.05 Å². The topological polar surface area (TPSA) is 17.8 Å². The summed E-state index contributed by atoms with van der Waals surface area (Å²) in [5.74, 6) is 0. The lowest BCUT2D eigenvalue weighted by atomic mass is 10.1. The number of hydrogen-bond acceptors (Lipinski definition) is 1. The van der Waals surface area contributed by atoms with Gasteiger partial charge in [-0.05, 0) is 38.3 Å². The molecule has 0 fully saturated rings. The maximum Gasteiger partial charge on any atom is 0.0908 e. The molecule has 0 saturated carbocycles. The Morgan fingerprint density at radius 2 is 1.46 bits per heavy atom. The number of rotatable bonds is 11. The second-order valence-corrected chi connectivity index (χ2v) is 9.33. The SMILES string of the molecule is Cc1c2nc3ccccc3c-2ccn1CCCCCCCCCC[N+](C)(C)C. The highest BCUT2D eigenvalue weighted by atomic mass is 15.3. The Morgan fingerprint density at radius 1 is 0.821 bits per heavy atom. The molecule has 0 atom stereocenters. The summed E-state index contributed by atoms with van der Waals surface area (Å²) in [6.45, 7) is 4.62. The lowest BCUT2D eigenvalue weighted by molar-refractivity contribution is -0.870. The molecule has 0 saturated heterocycles. The van der Waals surface area contributed by atoms with Crippen LogP contribution in [0.2, 0.25) is 0 Å². The van der Waals surface area contributed by atoms with Crippen molar-refractivity contribution >= 4 is 10.9 Å². The Morgan fingerprint density at radius 3 is 2.18 bits per heavy atom. The van der Waals surface area contributed by atoms with E-state index in [1.54, 1.807) is 0 Å². The van der Waals surface area contributed by atoms with Gasteiger partial charge in [-0.3, -0.25) is 0 Å². The van der Waals surface area contributed by atoms with Crippen molar-refractivity contribution in [1.29, 1.82) is 0 Å². The molecule has 0 bridgehead atoms. The van der Waals surface area contributed by atoms with E-state index in [9.17, 15) is 0 Å². The second-order valence-electron chi connectivity index (χ2n) is 9.33. The molecular formula is C25H38N3+. The Labute approximate surface area is 171 Å². The maximum absolute atomic E-state index is 4.86. The van der Waals surface area contributed by atoms with Gasteiger partial charge in [0.25, 0.3) is 0 Å². The molecule has 0 spiro atoms. The lowest BCUT2D eigenvalue weighted by Crippen LogP contribution is -2.35. The predicted octanol–water partition coefficient (Wildman–Crippen LogP) is 6.28. The molecule has 2 aliphatic rings. The summed E-state index contributed by atoms with van der Waals surface area (Å²) in [6, 6.07) is 10.7. The quantitative estimate of drug-likeness (QED) is 0.283. The number of para-hydroxylation sites is 1. The van der Waals surface area contributed by atoms with E-state index in [0.29, 0.717) is 0 Å². The number of nitrogens with zero attached hydrogens (tertiary/aromatic N) is 3. The molecule has 0 radical (unpaired) electrons. The van der Waals surface area contributed by atoms with Crippen LogP contribution in [0.5, 0.6) is 0 Å². The first kappa shape index (κ1) is 20.9. The molecule has 1 aromatic rings. The zero-order chi connectivity index (χ0) is 20.0. The van der Waals surface area contributed by atoms with Gasteiger partial charge in [-0.1, -0.05) is 50.3 Å². The summed E-state index contributed by atoms with van der Waals surface area (Å²) in [4.78, 5) is 4.86. The number of hydrogen-bond donors (Lipinski definition) is 0. The van der Waals surface area contributed by atoms with Gasteiger partial charge >= 0.3 is 0 Å². The second kappa shape index (κ2) is 9.56. The third kappa shape index (κ3) is 5.57. The fourth-order valence-corrected chi connectivity index (χ4v) is 4.14. The van der Waals surface area contributed by atoms with Crippen LogP contribution < -0.4 is 0 Å². The summed E-state index contributed by atoms with van der Waals surface area (Å²) in [6.07, 6.45) is 13.2. The largest absolute Gasteiger partial charge is 0.350 e. The van der Waals surface area contributed by atoms with Gasteiger partial charge in [-0.25, -0.2) is 4.98 Å². The van der Waals surface area contributed by atoms with E-state index in [0.717, 1.165) is 22.2 Å². The van der Waals surface area contributed by atoms with Gasteiger partial charge in [-0.15, -0.1) is 0 Å². The zero-order valence-electron chi connectivity index (χ0n) is 18.4. The number of quaternary nitrogens is 1. The summed E-state index contributed by atoms with van der Waals surface area (Å²) < 4.78 is 3.48. The molecule has 3 heteroatoms. The van der Waals surface area contributed by atoms with E-state index in [1.165, 1.54) is 74.6 Å². The number of pyridine rings is 1. The van der Waals surface area contributed by atoms with Crippen LogP contribution >= 0.6 is 0 Å². The fourth-order valence-electron chi connectivity index (χ4n) is 4.14. The average molecular weight is 381 g/mol. The summed E-state index contributed by atoms with van der Waals surface area (Å²) >= 11 is 0. The predicted molar refractivity (Wildman–Crippen MR) is 121 cm³/mol. The third-order valence-electron chi connectivity index (χ3n) is 5.85. The van der Waals surface area contributed by atoms with E-state index in [2.05, 4.69) is 69.2 Å². The first-order valence-electron chi connectivity index (χ1n) is 11.1. The van der Waals surface area contributed by atoms with Crippen molar-refractivity contribution in [3.63, 3.8) is 0 Å². The minimum atomic E-state index is 1.10. The first-order valence-corrected chi connectivity index (χ1v) is 11.1. The zero-order valence-corrected chi connectivity index (χ0v) is 18.4. The molecule has 2 heterocycles. The minimum absolute atomic E-state index is 1.10. The van der Waals surface area contributed by atoms with Crippen LogP contribution in [0, 0.1) is 6.92 Å². The van der Waals surface area contributed by atoms with Crippen LogP contribution in [0.25, 0.3) is 22.2 Å². The molecule has 152 valence electrons. The molecule has 0 aliphatic carbocycles. The van der Waals surface area contributed by atoms with E-state index in [4.69, 9.17) is 4.98 Å². The van der Waals surface area contributed by atoms with Crippen molar-refractivity contribution in [2.24, 2.45) is 0 Å². The van der Waals surface area contributed by atoms with Crippen LogP contribution in [-0.4, -0.2) is 41.7 Å². The van der Waals surface area contributed by atoms with Crippen LogP contribution in [-0.2, 0) is 6.54 Å². The Hall–Kier alpha value is -1.87. The summed E-state index contributed by atoms with van der Waals surface area (Å²) in [5.41, 5.74) is 4.86. The Kier molecular flexibility index (Phi) is 7.12. The van der Waals surface area contributed by atoms with Crippen molar-refractivity contribution in [3.05, 3.63) is 42.2 Å². The molecule has 0 aromatic heterocycles. The van der Waals surface area contributed by atoms with Gasteiger partial charge in [-0.2, -0.15) is 0 Å². The number of fused-ring (bicyclic) bond motifs is 3. The number of aryl methyl sites for hydroxylation is 1. The number of benzene rings is 1. The monoisotopic (exact) mass is 380 g/mol. The van der Waals surface area contributed by atoms with Crippen LogP contribution in [0.1, 0.15) is 57.1 Å². The molecule has 1 aromatic carbocycles. The van der Waals surface area contributed by atoms with Gasteiger partial charge in [0.2, 0.25) is 0 Å². The molecular weight excluding hydrogens is 342 g/mol. The molecule has 2 aliphatic heterocycles. The van der Waals surface area contributed by atoms with Crippen LogP contribution in [0.15, 0.2) is 36.5 Å². The highest BCUT2D eigenvalue weighted by Gasteiger charge is 2.15.